The highest BCUT2D eigenvalue weighted by atomic mass is 16.5. The van der Waals surface area contributed by atoms with Crippen LogP contribution < -0.4 is 26.4 Å². The van der Waals surface area contributed by atoms with E-state index in [9.17, 15) is 9.59 Å². The predicted molar refractivity (Wildman–Crippen MR) is 179 cm³/mol. The molecule has 2 amide bonds. The van der Waals surface area contributed by atoms with Gasteiger partial charge in [0.15, 0.2) is 5.96 Å². The number of hydrogen-bond acceptors (Lipinski definition) is 5. The standard InChI is InChI=1S/C36H42N6O3/c1-45-31-17-16-27-21-29(15-14-28(27)22-31)34(43)40-23-30-18-20-42(35(44)33(41-30)13-8-19-39-36(37)38)24-32(25-9-4-2-5-10-25)26-11-6-3-7-12-26/h2-7,9-12,14-17,21-22,30,32-33,41H,8,13,18-20,23-24H2,1H3,(H,40,43)(H4,37,38,39)/t30-,33-/m0/s1. The molecule has 0 bridgehead atoms. The van der Waals surface area contributed by atoms with E-state index in [1.165, 1.54) is 0 Å². The van der Waals surface area contributed by atoms with Crippen LogP contribution in [-0.2, 0) is 4.79 Å². The van der Waals surface area contributed by atoms with Crippen LogP contribution in [0, 0.1) is 5.41 Å². The van der Waals surface area contributed by atoms with E-state index in [0.29, 0.717) is 51.0 Å². The van der Waals surface area contributed by atoms with Gasteiger partial charge in [0.2, 0.25) is 5.91 Å². The molecule has 1 aliphatic rings. The van der Waals surface area contributed by atoms with Gasteiger partial charge in [-0.05, 0) is 65.4 Å². The minimum atomic E-state index is -0.425. The maximum Gasteiger partial charge on any atom is 0.251 e. The van der Waals surface area contributed by atoms with Gasteiger partial charge in [0, 0.05) is 43.7 Å². The van der Waals surface area contributed by atoms with E-state index in [2.05, 4.69) is 40.2 Å². The zero-order valence-electron chi connectivity index (χ0n) is 25.7. The van der Waals surface area contributed by atoms with Gasteiger partial charge in [0.1, 0.15) is 5.75 Å². The summed E-state index contributed by atoms with van der Waals surface area (Å²) in [5, 5.41) is 18.9. The van der Waals surface area contributed by atoms with Crippen molar-refractivity contribution in [3.8, 4) is 5.75 Å². The molecule has 0 saturated carbocycles. The molecule has 1 heterocycles. The Bertz CT molecular complexity index is 1560. The van der Waals surface area contributed by atoms with Gasteiger partial charge in [0.25, 0.3) is 5.91 Å². The first-order valence-corrected chi connectivity index (χ1v) is 15.5. The number of hydrogen-bond donors (Lipinski definition) is 5. The molecule has 0 unspecified atom stereocenters. The Morgan fingerprint density at radius 1 is 0.978 bits per heavy atom. The number of benzene rings is 4. The summed E-state index contributed by atoms with van der Waals surface area (Å²) in [5.74, 6) is 0.610. The van der Waals surface area contributed by atoms with Crippen molar-refractivity contribution in [3.05, 3.63) is 114 Å². The molecule has 1 fully saturated rings. The first-order chi connectivity index (χ1) is 21.9. The minimum Gasteiger partial charge on any atom is -0.497 e. The first kappa shape index (κ1) is 31.5. The smallest absolute Gasteiger partial charge is 0.251 e. The predicted octanol–water partition coefficient (Wildman–Crippen LogP) is 4.23. The van der Waals surface area contributed by atoms with Crippen LogP contribution in [0.2, 0.25) is 0 Å². The Balaban J connectivity index is 1.30. The van der Waals surface area contributed by atoms with Crippen LogP contribution in [-0.4, -0.2) is 68.0 Å². The summed E-state index contributed by atoms with van der Waals surface area (Å²) in [6, 6.07) is 31.5. The van der Waals surface area contributed by atoms with E-state index >= 15 is 0 Å². The summed E-state index contributed by atoms with van der Waals surface area (Å²) in [6.45, 7) is 2.02. The molecule has 6 N–H and O–H groups in total. The molecule has 4 aromatic rings. The summed E-state index contributed by atoms with van der Waals surface area (Å²) in [4.78, 5) is 29.2. The van der Waals surface area contributed by atoms with Gasteiger partial charge in [-0.25, -0.2) is 0 Å². The fourth-order valence-electron chi connectivity index (χ4n) is 5.96. The van der Waals surface area contributed by atoms with Gasteiger partial charge >= 0.3 is 0 Å². The fraction of sp³-hybridized carbons (Fsp3) is 0.306. The molecule has 1 saturated heterocycles. The number of nitrogens with one attached hydrogen (secondary N) is 4. The molecule has 1 aliphatic heterocycles. The second-order valence-electron chi connectivity index (χ2n) is 11.5. The second-order valence-corrected chi connectivity index (χ2v) is 11.5. The monoisotopic (exact) mass is 606 g/mol. The number of rotatable bonds is 12. The summed E-state index contributed by atoms with van der Waals surface area (Å²) in [6.07, 6.45) is 1.94. The Labute approximate surface area is 264 Å². The van der Waals surface area contributed by atoms with Crippen LogP contribution in [0.15, 0.2) is 97.1 Å². The van der Waals surface area contributed by atoms with Crippen molar-refractivity contribution in [3.63, 3.8) is 0 Å². The third-order valence-electron chi connectivity index (χ3n) is 8.40. The highest BCUT2D eigenvalue weighted by molar-refractivity contribution is 5.98. The maximum absolute atomic E-state index is 14.0. The van der Waals surface area contributed by atoms with Gasteiger partial charge in [0.05, 0.1) is 13.2 Å². The average Bonchev–Trinajstić information content (AvgIpc) is 3.22. The van der Waals surface area contributed by atoms with Gasteiger partial charge in [-0.15, -0.1) is 0 Å². The number of guanidine groups is 1. The minimum absolute atomic E-state index is 0.0282. The van der Waals surface area contributed by atoms with Gasteiger partial charge in [-0.3, -0.25) is 15.0 Å². The average molecular weight is 607 g/mol. The highest BCUT2D eigenvalue weighted by Crippen LogP contribution is 2.27. The lowest BCUT2D eigenvalue weighted by atomic mass is 9.90. The second kappa shape index (κ2) is 15.2. The third kappa shape index (κ3) is 8.39. The van der Waals surface area contributed by atoms with E-state index in [1.807, 2.05) is 77.7 Å². The van der Waals surface area contributed by atoms with Gasteiger partial charge in [-0.2, -0.15) is 0 Å². The number of ether oxygens (including phenoxy) is 1. The fourth-order valence-corrected chi connectivity index (χ4v) is 5.96. The molecule has 4 aromatic carbocycles. The van der Waals surface area contributed by atoms with Crippen molar-refractivity contribution in [2.24, 2.45) is 5.73 Å². The molecule has 5 rings (SSSR count). The van der Waals surface area contributed by atoms with Crippen LogP contribution >= 0.6 is 0 Å². The largest absolute Gasteiger partial charge is 0.497 e. The number of carbonyl (C=O) groups excluding carboxylic acids is 2. The topological polar surface area (TPSA) is 133 Å². The van der Waals surface area contributed by atoms with Crippen LogP contribution in [0.5, 0.6) is 5.75 Å². The molecule has 9 heteroatoms. The Hall–Kier alpha value is -4.89. The maximum atomic E-state index is 14.0. The zero-order valence-corrected chi connectivity index (χ0v) is 25.7. The van der Waals surface area contributed by atoms with Crippen molar-refractivity contribution in [2.45, 2.75) is 37.3 Å². The summed E-state index contributed by atoms with van der Waals surface area (Å²) in [5.41, 5.74) is 8.37. The summed E-state index contributed by atoms with van der Waals surface area (Å²) >= 11 is 0. The molecular formula is C36H42N6O3. The Kier molecular flexibility index (Phi) is 10.7. The van der Waals surface area contributed by atoms with Crippen molar-refractivity contribution >= 4 is 28.5 Å². The SMILES string of the molecule is COc1ccc2cc(C(=O)NC[C@@H]3CCN(CC(c4ccccc4)c4ccccc4)C(=O)[C@H](CCCNC(=N)N)N3)ccc2c1. The van der Waals surface area contributed by atoms with Crippen molar-refractivity contribution in [2.75, 3.05) is 33.3 Å². The number of carbonyl (C=O) groups is 2. The summed E-state index contributed by atoms with van der Waals surface area (Å²) < 4.78 is 5.31. The lowest BCUT2D eigenvalue weighted by Crippen LogP contribution is -2.49. The van der Waals surface area contributed by atoms with Crippen LogP contribution in [0.3, 0.4) is 0 Å². The quantitative estimate of drug-likeness (QED) is 0.0932. The van der Waals surface area contributed by atoms with E-state index in [0.717, 1.165) is 27.6 Å². The van der Waals surface area contributed by atoms with Crippen molar-refractivity contribution in [1.29, 1.82) is 5.41 Å². The lowest BCUT2D eigenvalue weighted by Gasteiger charge is -2.29. The van der Waals surface area contributed by atoms with Gasteiger partial charge in [-0.1, -0.05) is 72.8 Å². The van der Waals surface area contributed by atoms with Gasteiger partial charge < -0.3 is 31.3 Å². The molecule has 0 spiro atoms. The first-order valence-electron chi connectivity index (χ1n) is 15.5. The molecule has 0 aromatic heterocycles. The van der Waals surface area contributed by atoms with E-state index in [4.69, 9.17) is 15.9 Å². The van der Waals surface area contributed by atoms with E-state index in [1.54, 1.807) is 7.11 Å². The molecule has 9 nitrogen and oxygen atoms in total. The van der Waals surface area contributed by atoms with E-state index in [-0.39, 0.29) is 29.7 Å². The number of fused-ring (bicyclic) bond motifs is 1. The molecule has 45 heavy (non-hydrogen) atoms. The van der Waals surface area contributed by atoms with Crippen LogP contribution in [0.1, 0.15) is 46.7 Å². The highest BCUT2D eigenvalue weighted by Gasteiger charge is 2.32. The Morgan fingerprint density at radius 2 is 1.64 bits per heavy atom. The summed E-state index contributed by atoms with van der Waals surface area (Å²) in [7, 11) is 1.63. The van der Waals surface area contributed by atoms with Crippen molar-refractivity contribution in [1.82, 2.24) is 20.9 Å². The number of methoxy groups -OCH3 is 1. The molecule has 0 aliphatic carbocycles. The normalized spacial score (nSPS) is 16.8. The Morgan fingerprint density at radius 3 is 2.31 bits per heavy atom. The number of nitrogens with zero attached hydrogens (tertiary/aromatic N) is 1. The molecule has 0 radical (unpaired) electrons. The molecular weight excluding hydrogens is 564 g/mol. The van der Waals surface area contributed by atoms with Crippen LogP contribution in [0.4, 0.5) is 0 Å². The third-order valence-corrected chi connectivity index (χ3v) is 8.40. The molecule has 2 atom stereocenters. The zero-order chi connectivity index (χ0) is 31.6. The number of amides is 2. The molecule has 234 valence electrons. The van der Waals surface area contributed by atoms with Crippen molar-refractivity contribution < 1.29 is 14.3 Å². The van der Waals surface area contributed by atoms with E-state index < -0.39 is 6.04 Å². The van der Waals surface area contributed by atoms with Crippen LogP contribution in [0.25, 0.3) is 10.8 Å². The number of nitrogens with two attached hydrogens (primary N) is 1. The lowest BCUT2D eigenvalue weighted by molar-refractivity contribution is -0.133.